The summed E-state index contributed by atoms with van der Waals surface area (Å²) in [4.78, 5) is 50.6. The van der Waals surface area contributed by atoms with Crippen LogP contribution < -0.4 is 11.1 Å². The number of benzene rings is 1. The van der Waals surface area contributed by atoms with Crippen LogP contribution in [-0.2, 0) is 25.7 Å². The molecule has 1 aromatic carbocycles. The lowest BCUT2D eigenvalue weighted by atomic mass is 9.85. The largest absolute Gasteiger partial charge is 0.457 e. The number of carbonyl (C=O) groups excluding carboxylic acids is 3. The number of hydrogen-bond acceptors (Lipinski definition) is 9. The highest BCUT2D eigenvalue weighted by molar-refractivity contribution is 6.05. The van der Waals surface area contributed by atoms with Crippen molar-refractivity contribution < 1.29 is 19.1 Å². The Labute approximate surface area is 184 Å². The Morgan fingerprint density at radius 2 is 1.81 bits per heavy atom. The number of nitrogens with one attached hydrogen (secondary N) is 1. The van der Waals surface area contributed by atoms with Crippen molar-refractivity contribution in [2.45, 2.75) is 32.8 Å². The highest BCUT2D eigenvalue weighted by atomic mass is 16.5. The molecule has 1 fully saturated rings. The molecule has 32 heavy (non-hydrogen) atoms. The highest BCUT2D eigenvalue weighted by Gasteiger charge is 2.46. The van der Waals surface area contributed by atoms with Crippen molar-refractivity contribution in [2.24, 2.45) is 11.8 Å². The van der Waals surface area contributed by atoms with Gasteiger partial charge in [0.25, 0.3) is 0 Å². The zero-order chi connectivity index (χ0) is 22.7. The Kier molecular flexibility index (Phi) is 6.11. The zero-order valence-corrected chi connectivity index (χ0v) is 17.7. The number of nitrogens with two attached hydrogens (primary N) is 1. The van der Waals surface area contributed by atoms with Crippen LogP contribution in [0.4, 0.5) is 17.6 Å². The Morgan fingerprint density at radius 3 is 2.50 bits per heavy atom. The van der Waals surface area contributed by atoms with Crippen molar-refractivity contribution in [3.8, 4) is 0 Å². The van der Waals surface area contributed by atoms with E-state index < -0.39 is 5.97 Å². The molecule has 4 rings (SSSR count). The van der Waals surface area contributed by atoms with Gasteiger partial charge in [-0.05, 0) is 31.4 Å². The van der Waals surface area contributed by atoms with Crippen molar-refractivity contribution in [3.63, 3.8) is 0 Å². The van der Waals surface area contributed by atoms with E-state index in [0.717, 1.165) is 11.3 Å². The van der Waals surface area contributed by atoms with Crippen molar-refractivity contribution in [1.29, 1.82) is 0 Å². The van der Waals surface area contributed by atoms with Crippen molar-refractivity contribution >= 4 is 35.4 Å². The van der Waals surface area contributed by atoms with E-state index in [-0.39, 0.29) is 60.9 Å². The van der Waals surface area contributed by atoms with Crippen LogP contribution in [0.15, 0.2) is 36.4 Å². The maximum absolute atomic E-state index is 12.5. The van der Waals surface area contributed by atoms with Crippen LogP contribution in [-0.4, -0.2) is 44.2 Å². The molecule has 1 aliphatic heterocycles. The fraction of sp³-hybridized carbons (Fsp3) is 0.364. The quantitative estimate of drug-likeness (QED) is 0.378. The lowest BCUT2D eigenvalue weighted by Crippen LogP contribution is -2.33. The molecule has 0 radical (unpaired) electrons. The van der Waals surface area contributed by atoms with E-state index in [9.17, 15) is 14.4 Å². The Bertz CT molecular complexity index is 1060. The van der Waals surface area contributed by atoms with Gasteiger partial charge in [0.05, 0.1) is 18.3 Å². The standard InChI is InChI=1S/C22H24N6O4/c1-13-6-2-5-9-16(13)24-22-26-17(25-21(23)27-22)12-32-18(29)10-11-28-19(30)14-7-3-4-8-15(14)20(28)31/h2-6,9,14-15H,7-8,10-12H2,1H3,(H3,23,24,25,26,27)/t14-,15-/m1/s1. The number of likely N-dealkylation sites (tertiary alicyclic amines) is 1. The second kappa shape index (κ2) is 9.13. The highest BCUT2D eigenvalue weighted by Crippen LogP contribution is 2.35. The van der Waals surface area contributed by atoms with E-state index in [1.54, 1.807) is 0 Å². The van der Waals surface area contributed by atoms with E-state index in [1.807, 2.05) is 43.3 Å². The van der Waals surface area contributed by atoms with Gasteiger partial charge in [0, 0.05) is 12.2 Å². The molecule has 1 aromatic heterocycles. The molecule has 166 valence electrons. The predicted molar refractivity (Wildman–Crippen MR) is 115 cm³/mol. The smallest absolute Gasteiger partial charge is 0.308 e. The molecule has 2 aromatic rings. The van der Waals surface area contributed by atoms with Crippen LogP contribution in [0.5, 0.6) is 0 Å². The van der Waals surface area contributed by atoms with Crippen LogP contribution >= 0.6 is 0 Å². The average Bonchev–Trinajstić information content (AvgIpc) is 3.02. The number of hydrogen-bond donors (Lipinski definition) is 2. The number of fused-ring (bicyclic) bond motifs is 1. The third kappa shape index (κ3) is 4.58. The first kappa shape index (κ1) is 21.4. The minimum absolute atomic E-state index is 0.00291. The van der Waals surface area contributed by atoms with Gasteiger partial charge in [-0.3, -0.25) is 19.3 Å². The summed E-state index contributed by atoms with van der Waals surface area (Å²) in [6.45, 7) is 1.74. The summed E-state index contributed by atoms with van der Waals surface area (Å²) < 4.78 is 5.22. The first-order valence-electron chi connectivity index (χ1n) is 10.4. The van der Waals surface area contributed by atoms with Crippen LogP contribution in [0.3, 0.4) is 0 Å². The fourth-order valence-corrected chi connectivity index (χ4v) is 3.90. The minimum atomic E-state index is -0.564. The number of para-hydroxylation sites is 1. The maximum Gasteiger partial charge on any atom is 0.308 e. The number of anilines is 3. The summed E-state index contributed by atoms with van der Waals surface area (Å²) in [5.74, 6) is -1.19. The molecule has 2 atom stereocenters. The van der Waals surface area contributed by atoms with Gasteiger partial charge in [-0.1, -0.05) is 30.4 Å². The molecule has 10 heteroatoms. The summed E-state index contributed by atoms with van der Waals surface area (Å²) in [6.07, 6.45) is 4.88. The van der Waals surface area contributed by atoms with Crippen LogP contribution in [0.25, 0.3) is 0 Å². The number of ether oxygens (including phenoxy) is 1. The van der Waals surface area contributed by atoms with Gasteiger partial charge in [0.1, 0.15) is 0 Å². The maximum atomic E-state index is 12.5. The molecular weight excluding hydrogens is 412 g/mol. The molecule has 0 bridgehead atoms. The monoisotopic (exact) mass is 436 g/mol. The molecule has 0 saturated carbocycles. The molecule has 1 aliphatic carbocycles. The SMILES string of the molecule is Cc1ccccc1Nc1nc(N)nc(COC(=O)CCN2C(=O)[C@@H]3CC=CC[C@H]3C2=O)n1. The number of carbonyl (C=O) groups is 3. The van der Waals surface area contributed by atoms with Crippen molar-refractivity contribution in [1.82, 2.24) is 19.9 Å². The summed E-state index contributed by atoms with van der Waals surface area (Å²) in [5, 5.41) is 3.07. The molecule has 3 N–H and O–H groups in total. The van der Waals surface area contributed by atoms with E-state index in [4.69, 9.17) is 10.5 Å². The summed E-state index contributed by atoms with van der Waals surface area (Å²) in [5.41, 5.74) is 7.57. The second-order valence-corrected chi connectivity index (χ2v) is 7.77. The van der Waals surface area contributed by atoms with Gasteiger partial charge in [0.15, 0.2) is 12.4 Å². The minimum Gasteiger partial charge on any atom is -0.457 e. The third-order valence-electron chi connectivity index (χ3n) is 5.59. The summed E-state index contributed by atoms with van der Waals surface area (Å²) >= 11 is 0. The number of aromatic nitrogens is 3. The molecule has 2 amide bonds. The number of nitrogens with zero attached hydrogens (tertiary/aromatic N) is 4. The number of rotatable bonds is 7. The van der Waals surface area contributed by atoms with Gasteiger partial charge in [-0.25, -0.2) is 0 Å². The van der Waals surface area contributed by atoms with Crippen LogP contribution in [0.2, 0.25) is 0 Å². The predicted octanol–water partition coefficient (Wildman–Crippen LogP) is 1.89. The van der Waals surface area contributed by atoms with E-state index >= 15 is 0 Å². The lowest BCUT2D eigenvalue weighted by Gasteiger charge is -2.14. The lowest BCUT2D eigenvalue weighted by molar-refractivity contribution is -0.147. The number of nitrogen functional groups attached to an aromatic ring is 1. The second-order valence-electron chi connectivity index (χ2n) is 7.77. The Balaban J connectivity index is 1.31. The van der Waals surface area contributed by atoms with Gasteiger partial charge >= 0.3 is 5.97 Å². The first-order valence-corrected chi connectivity index (χ1v) is 10.4. The van der Waals surface area contributed by atoms with Crippen LogP contribution in [0.1, 0.15) is 30.7 Å². The molecular formula is C22H24N6O4. The third-order valence-corrected chi connectivity index (χ3v) is 5.59. The van der Waals surface area contributed by atoms with Gasteiger partial charge < -0.3 is 15.8 Å². The van der Waals surface area contributed by atoms with Crippen molar-refractivity contribution in [2.75, 3.05) is 17.6 Å². The number of amides is 2. The molecule has 2 heterocycles. The molecule has 0 unspecified atom stereocenters. The molecule has 1 saturated heterocycles. The molecule has 10 nitrogen and oxygen atoms in total. The van der Waals surface area contributed by atoms with Crippen molar-refractivity contribution in [3.05, 3.63) is 47.8 Å². The molecule has 2 aliphatic rings. The summed E-state index contributed by atoms with van der Waals surface area (Å²) in [7, 11) is 0. The fourth-order valence-electron chi connectivity index (χ4n) is 3.90. The molecule has 0 spiro atoms. The van der Waals surface area contributed by atoms with Gasteiger partial charge in [-0.2, -0.15) is 15.0 Å². The average molecular weight is 436 g/mol. The van der Waals surface area contributed by atoms with Gasteiger partial charge in [0.2, 0.25) is 23.7 Å². The Hall–Kier alpha value is -3.82. The Morgan fingerprint density at radius 1 is 1.12 bits per heavy atom. The zero-order valence-electron chi connectivity index (χ0n) is 17.7. The van der Waals surface area contributed by atoms with E-state index in [1.165, 1.54) is 4.90 Å². The number of imide groups is 1. The summed E-state index contributed by atoms with van der Waals surface area (Å²) in [6, 6.07) is 7.62. The van der Waals surface area contributed by atoms with Crippen LogP contribution in [0, 0.1) is 18.8 Å². The van der Waals surface area contributed by atoms with Gasteiger partial charge in [-0.15, -0.1) is 0 Å². The van der Waals surface area contributed by atoms with E-state index in [0.29, 0.717) is 12.8 Å². The topological polar surface area (TPSA) is 140 Å². The number of allylic oxidation sites excluding steroid dienone is 2. The number of aryl methyl sites for hydroxylation is 1. The normalized spacial score (nSPS) is 19.7. The number of esters is 1. The first-order chi connectivity index (χ1) is 15.4. The van der Waals surface area contributed by atoms with E-state index in [2.05, 4.69) is 20.3 Å².